The lowest BCUT2D eigenvalue weighted by molar-refractivity contribution is 0.0698. The van der Waals surface area contributed by atoms with Crippen molar-refractivity contribution in [2.75, 3.05) is 5.73 Å². The molecular weight excluding hydrogens is 370 g/mol. The zero-order valence-electron chi connectivity index (χ0n) is 6.14. The first-order chi connectivity index (χ1) is 5.95. The standard InChI is InChI=1S/C7H4Br3NO2/c8-3-1-2(7(12)13)6(11)5(10)4(3)9/h1H,11H2,(H,12,13). The second kappa shape index (κ2) is 3.98. The molecule has 0 aromatic heterocycles. The summed E-state index contributed by atoms with van der Waals surface area (Å²) in [7, 11) is 0. The van der Waals surface area contributed by atoms with Gasteiger partial charge in [-0.25, -0.2) is 4.79 Å². The third-order valence-corrected chi connectivity index (χ3v) is 4.77. The number of carboxylic acids is 1. The van der Waals surface area contributed by atoms with E-state index in [0.29, 0.717) is 13.4 Å². The molecule has 0 saturated carbocycles. The molecule has 0 unspecified atom stereocenters. The van der Waals surface area contributed by atoms with E-state index in [1.54, 1.807) is 0 Å². The Hall–Kier alpha value is -0.0700. The first-order valence-electron chi connectivity index (χ1n) is 3.11. The van der Waals surface area contributed by atoms with Gasteiger partial charge in [-0.05, 0) is 53.9 Å². The van der Waals surface area contributed by atoms with Gasteiger partial charge in [0.05, 0.1) is 15.7 Å². The van der Waals surface area contributed by atoms with E-state index in [0.717, 1.165) is 0 Å². The van der Waals surface area contributed by atoms with Crippen molar-refractivity contribution < 1.29 is 9.90 Å². The summed E-state index contributed by atoms with van der Waals surface area (Å²) in [4.78, 5) is 10.7. The highest BCUT2D eigenvalue weighted by Crippen LogP contribution is 2.37. The first kappa shape index (κ1) is 11.0. The Morgan fingerprint density at radius 3 is 2.31 bits per heavy atom. The summed E-state index contributed by atoms with van der Waals surface area (Å²) in [6.07, 6.45) is 0. The van der Waals surface area contributed by atoms with Gasteiger partial charge in [0.15, 0.2) is 0 Å². The summed E-state index contributed by atoms with van der Waals surface area (Å²) < 4.78 is 1.89. The normalized spacial score (nSPS) is 10.1. The van der Waals surface area contributed by atoms with Crippen molar-refractivity contribution >= 4 is 59.4 Å². The molecule has 0 fully saturated rings. The van der Waals surface area contributed by atoms with E-state index >= 15 is 0 Å². The van der Waals surface area contributed by atoms with Crippen LogP contribution in [0.25, 0.3) is 0 Å². The molecule has 70 valence electrons. The van der Waals surface area contributed by atoms with Crippen molar-refractivity contribution in [3.05, 3.63) is 25.0 Å². The zero-order valence-corrected chi connectivity index (χ0v) is 10.9. The van der Waals surface area contributed by atoms with Crippen molar-refractivity contribution in [2.45, 2.75) is 0 Å². The predicted molar refractivity (Wildman–Crippen MR) is 60.9 cm³/mol. The largest absolute Gasteiger partial charge is 0.478 e. The SMILES string of the molecule is Nc1c(C(=O)O)cc(Br)c(Br)c1Br. The fraction of sp³-hybridized carbons (Fsp3) is 0. The summed E-state index contributed by atoms with van der Waals surface area (Å²) in [6.45, 7) is 0. The molecule has 0 bridgehead atoms. The lowest BCUT2D eigenvalue weighted by Crippen LogP contribution is -2.03. The van der Waals surface area contributed by atoms with Gasteiger partial charge >= 0.3 is 5.97 Å². The molecule has 3 N–H and O–H groups in total. The Morgan fingerprint density at radius 1 is 1.31 bits per heavy atom. The number of carbonyl (C=O) groups is 1. The van der Waals surface area contributed by atoms with E-state index in [1.807, 2.05) is 0 Å². The van der Waals surface area contributed by atoms with Crippen LogP contribution in [0, 0.1) is 0 Å². The molecular formula is C7H4Br3NO2. The van der Waals surface area contributed by atoms with Crippen LogP contribution >= 0.6 is 47.8 Å². The van der Waals surface area contributed by atoms with Gasteiger partial charge in [-0.1, -0.05) is 0 Å². The number of hydrogen-bond donors (Lipinski definition) is 2. The third kappa shape index (κ3) is 2.05. The van der Waals surface area contributed by atoms with Crippen LogP contribution in [0.15, 0.2) is 19.5 Å². The van der Waals surface area contributed by atoms with E-state index in [9.17, 15) is 4.79 Å². The van der Waals surface area contributed by atoms with Gasteiger partial charge < -0.3 is 10.8 Å². The van der Waals surface area contributed by atoms with Gasteiger partial charge in [0.2, 0.25) is 0 Å². The predicted octanol–water partition coefficient (Wildman–Crippen LogP) is 3.25. The first-order valence-corrected chi connectivity index (χ1v) is 5.49. The maximum absolute atomic E-state index is 10.7. The van der Waals surface area contributed by atoms with Crippen LogP contribution in [0.1, 0.15) is 10.4 Å². The van der Waals surface area contributed by atoms with E-state index < -0.39 is 5.97 Å². The minimum Gasteiger partial charge on any atom is -0.478 e. The molecule has 1 aromatic carbocycles. The van der Waals surface area contributed by atoms with Crippen LogP contribution in [0.2, 0.25) is 0 Å². The highest BCUT2D eigenvalue weighted by atomic mass is 79.9. The van der Waals surface area contributed by atoms with Gasteiger partial charge in [0, 0.05) is 8.95 Å². The maximum atomic E-state index is 10.7. The molecule has 0 amide bonds. The maximum Gasteiger partial charge on any atom is 0.337 e. The second-order valence-electron chi connectivity index (χ2n) is 2.25. The fourth-order valence-electron chi connectivity index (χ4n) is 0.786. The highest BCUT2D eigenvalue weighted by molar-refractivity contribution is 9.14. The molecule has 0 aliphatic rings. The van der Waals surface area contributed by atoms with Gasteiger partial charge in [-0.15, -0.1) is 0 Å². The number of hydrogen-bond acceptors (Lipinski definition) is 2. The number of aromatic carboxylic acids is 1. The minimum absolute atomic E-state index is 0.0713. The van der Waals surface area contributed by atoms with Crippen LogP contribution in [0.3, 0.4) is 0 Å². The van der Waals surface area contributed by atoms with E-state index in [1.165, 1.54) is 6.07 Å². The number of nitrogens with two attached hydrogens (primary N) is 1. The van der Waals surface area contributed by atoms with Crippen molar-refractivity contribution in [3.63, 3.8) is 0 Å². The molecule has 13 heavy (non-hydrogen) atoms. The Bertz CT molecular complexity index is 378. The molecule has 0 heterocycles. The Morgan fingerprint density at radius 2 is 1.85 bits per heavy atom. The number of halogens is 3. The van der Waals surface area contributed by atoms with Crippen molar-refractivity contribution in [1.29, 1.82) is 0 Å². The van der Waals surface area contributed by atoms with E-state index in [-0.39, 0.29) is 11.3 Å². The number of anilines is 1. The van der Waals surface area contributed by atoms with Crippen LogP contribution in [0.4, 0.5) is 5.69 Å². The quantitative estimate of drug-likeness (QED) is 0.586. The lowest BCUT2D eigenvalue weighted by atomic mass is 10.2. The third-order valence-electron chi connectivity index (χ3n) is 1.43. The summed E-state index contributed by atoms with van der Waals surface area (Å²) >= 11 is 9.63. The van der Waals surface area contributed by atoms with Crippen LogP contribution in [0.5, 0.6) is 0 Å². The topological polar surface area (TPSA) is 63.3 Å². The van der Waals surface area contributed by atoms with Crippen molar-refractivity contribution in [3.8, 4) is 0 Å². The van der Waals surface area contributed by atoms with Gasteiger partial charge in [-0.2, -0.15) is 0 Å². The summed E-state index contributed by atoms with van der Waals surface area (Å²) in [6, 6.07) is 1.45. The molecule has 0 atom stereocenters. The number of rotatable bonds is 1. The monoisotopic (exact) mass is 371 g/mol. The molecule has 1 rings (SSSR count). The van der Waals surface area contributed by atoms with Crippen molar-refractivity contribution in [1.82, 2.24) is 0 Å². The smallest absolute Gasteiger partial charge is 0.337 e. The average molecular weight is 374 g/mol. The Kier molecular flexibility index (Phi) is 3.37. The fourth-order valence-corrected chi connectivity index (χ4v) is 2.23. The molecule has 3 nitrogen and oxygen atoms in total. The molecule has 0 saturated heterocycles. The summed E-state index contributed by atoms with van der Waals surface area (Å²) in [5, 5.41) is 8.77. The highest BCUT2D eigenvalue weighted by Gasteiger charge is 2.15. The van der Waals surface area contributed by atoms with Gasteiger partial charge in [0.1, 0.15) is 0 Å². The molecule has 0 spiro atoms. The molecule has 0 aliphatic carbocycles. The minimum atomic E-state index is -1.05. The van der Waals surface area contributed by atoms with Crippen LogP contribution in [-0.2, 0) is 0 Å². The van der Waals surface area contributed by atoms with Crippen LogP contribution < -0.4 is 5.73 Å². The van der Waals surface area contributed by atoms with Gasteiger partial charge in [0.25, 0.3) is 0 Å². The zero-order chi connectivity index (χ0) is 10.2. The van der Waals surface area contributed by atoms with Crippen LogP contribution in [-0.4, -0.2) is 11.1 Å². The molecule has 0 radical (unpaired) electrons. The molecule has 0 aliphatic heterocycles. The Balaban J connectivity index is 3.50. The number of nitrogen functional groups attached to an aromatic ring is 1. The van der Waals surface area contributed by atoms with E-state index in [4.69, 9.17) is 10.8 Å². The average Bonchev–Trinajstić information content (AvgIpc) is 2.07. The lowest BCUT2D eigenvalue weighted by Gasteiger charge is -2.07. The number of benzene rings is 1. The van der Waals surface area contributed by atoms with Gasteiger partial charge in [-0.3, -0.25) is 0 Å². The second-order valence-corrected chi connectivity index (χ2v) is 4.69. The number of carboxylic acid groups (broad SMARTS) is 1. The van der Waals surface area contributed by atoms with Crippen molar-refractivity contribution in [2.24, 2.45) is 0 Å². The molecule has 6 heteroatoms. The Labute approximate surface area is 99.7 Å². The summed E-state index contributed by atoms with van der Waals surface area (Å²) in [5.74, 6) is -1.05. The molecule has 1 aromatic rings. The van der Waals surface area contributed by atoms with E-state index in [2.05, 4.69) is 47.8 Å². The summed E-state index contributed by atoms with van der Waals surface area (Å²) in [5.41, 5.74) is 5.86.